The molecule has 1 N–H and O–H groups in total. The number of hydrogen-bond donors (Lipinski definition) is 1. The maximum Gasteiger partial charge on any atom is 0.142 e. The predicted octanol–water partition coefficient (Wildman–Crippen LogP) is 6.69. The van der Waals surface area contributed by atoms with E-state index in [1.807, 2.05) is 38.1 Å². The first kappa shape index (κ1) is 19.6. The van der Waals surface area contributed by atoms with E-state index in [1.165, 1.54) is 49.7 Å². The fraction of sp³-hybridized carbons (Fsp3) is 0.500. The number of benzene rings is 2. The second-order valence-corrected chi connectivity index (χ2v) is 7.27. The Morgan fingerprint density at radius 2 is 1.59 bits per heavy atom. The number of hydrogen-bond acceptors (Lipinski definition) is 3. The molecule has 0 spiro atoms. The van der Waals surface area contributed by atoms with Crippen LogP contribution in [0.5, 0.6) is 11.5 Å². The molecule has 2 atom stereocenters. The minimum Gasteiger partial charge on any atom is -0.495 e. The van der Waals surface area contributed by atoms with Crippen molar-refractivity contribution in [3.63, 3.8) is 0 Å². The Hall–Kier alpha value is -2.16. The van der Waals surface area contributed by atoms with Gasteiger partial charge in [-0.1, -0.05) is 38.8 Å². The Bertz CT molecular complexity index is 756. The lowest BCUT2D eigenvalue weighted by Gasteiger charge is -2.37. The zero-order valence-electron chi connectivity index (χ0n) is 17.2. The van der Waals surface area contributed by atoms with Crippen LogP contribution in [-0.4, -0.2) is 14.2 Å². The van der Waals surface area contributed by atoms with Crippen LogP contribution in [0, 0.1) is 5.92 Å². The zero-order valence-corrected chi connectivity index (χ0v) is 17.2. The molecule has 2 aliphatic carbocycles. The van der Waals surface area contributed by atoms with Gasteiger partial charge in [0.1, 0.15) is 11.5 Å². The Morgan fingerprint density at radius 1 is 0.852 bits per heavy atom. The molecule has 0 radical (unpaired) electrons. The van der Waals surface area contributed by atoms with Gasteiger partial charge in [-0.25, -0.2) is 0 Å². The predicted molar refractivity (Wildman–Crippen MR) is 114 cm³/mol. The topological polar surface area (TPSA) is 30.5 Å². The summed E-state index contributed by atoms with van der Waals surface area (Å²) in [7, 11) is 3.46. The van der Waals surface area contributed by atoms with E-state index < -0.39 is 0 Å². The van der Waals surface area contributed by atoms with Gasteiger partial charge in [-0.15, -0.1) is 0 Å². The van der Waals surface area contributed by atoms with E-state index in [0.29, 0.717) is 0 Å². The van der Waals surface area contributed by atoms with Crippen molar-refractivity contribution in [2.24, 2.45) is 5.92 Å². The quantitative estimate of drug-likeness (QED) is 0.652. The maximum atomic E-state index is 5.73. The Kier molecular flexibility index (Phi) is 6.65. The number of ether oxygens (including phenoxy) is 2. The van der Waals surface area contributed by atoms with E-state index in [4.69, 9.17) is 9.47 Å². The Balaban J connectivity index is 0.00000102. The summed E-state index contributed by atoms with van der Waals surface area (Å²) < 4.78 is 11.2. The lowest BCUT2D eigenvalue weighted by Crippen LogP contribution is -2.24. The average Bonchev–Trinajstić information content (AvgIpc) is 2.75. The fourth-order valence-corrected chi connectivity index (χ4v) is 4.67. The first-order valence-corrected chi connectivity index (χ1v) is 10.4. The minimum atomic E-state index is 0.728. The highest BCUT2D eigenvalue weighted by molar-refractivity contribution is 5.72. The molecule has 0 saturated heterocycles. The summed E-state index contributed by atoms with van der Waals surface area (Å²) in [6, 6.07) is 12.6. The van der Waals surface area contributed by atoms with Crippen LogP contribution in [0.2, 0.25) is 0 Å². The van der Waals surface area contributed by atoms with Crippen molar-refractivity contribution >= 4 is 11.4 Å². The van der Waals surface area contributed by atoms with Gasteiger partial charge in [0.2, 0.25) is 0 Å². The molecule has 2 aromatic carbocycles. The summed E-state index contributed by atoms with van der Waals surface area (Å²) in [4.78, 5) is 0. The largest absolute Gasteiger partial charge is 0.495 e. The zero-order chi connectivity index (χ0) is 19.2. The summed E-state index contributed by atoms with van der Waals surface area (Å²) in [5.74, 6) is 3.37. The van der Waals surface area contributed by atoms with Gasteiger partial charge in [-0.05, 0) is 72.9 Å². The summed E-state index contributed by atoms with van der Waals surface area (Å²) in [6.45, 7) is 4.00. The van der Waals surface area contributed by atoms with Gasteiger partial charge >= 0.3 is 0 Å². The van der Waals surface area contributed by atoms with E-state index in [1.54, 1.807) is 14.2 Å². The van der Waals surface area contributed by atoms with Crippen molar-refractivity contribution in [2.75, 3.05) is 19.5 Å². The van der Waals surface area contributed by atoms with Crippen LogP contribution in [0.25, 0.3) is 0 Å². The molecule has 0 heterocycles. The highest BCUT2D eigenvalue weighted by Gasteiger charge is 2.32. The van der Waals surface area contributed by atoms with Gasteiger partial charge in [0.05, 0.1) is 25.6 Å². The molecule has 146 valence electrons. The monoisotopic (exact) mass is 367 g/mol. The molecule has 3 nitrogen and oxygen atoms in total. The van der Waals surface area contributed by atoms with Gasteiger partial charge < -0.3 is 14.8 Å². The van der Waals surface area contributed by atoms with Crippen molar-refractivity contribution < 1.29 is 9.47 Å². The van der Waals surface area contributed by atoms with Crippen LogP contribution >= 0.6 is 0 Å². The molecule has 2 unspecified atom stereocenters. The standard InChI is InChI=1S/C22H27NO2.C2H6/c1-24-21-10-6-5-9-19(21)23-20-13-16-12-11-15-7-3-4-8-17(15)18(16)14-22(20)25-2;1-2/h5-6,9-10,13-15,17,23H,3-4,7-8,11-12H2,1-2H3;1-2H3. The molecule has 4 rings (SSSR count). The highest BCUT2D eigenvalue weighted by atomic mass is 16.5. The molecule has 2 aliphatic rings. The van der Waals surface area contributed by atoms with Crippen molar-refractivity contribution in [3.05, 3.63) is 47.5 Å². The van der Waals surface area contributed by atoms with Crippen molar-refractivity contribution in [3.8, 4) is 11.5 Å². The molecule has 2 aromatic rings. The highest BCUT2D eigenvalue weighted by Crippen LogP contribution is 2.47. The first-order chi connectivity index (χ1) is 13.3. The van der Waals surface area contributed by atoms with Crippen LogP contribution in [0.4, 0.5) is 11.4 Å². The van der Waals surface area contributed by atoms with Gasteiger partial charge in [-0.2, -0.15) is 0 Å². The van der Waals surface area contributed by atoms with E-state index in [0.717, 1.165) is 34.7 Å². The van der Waals surface area contributed by atoms with Gasteiger partial charge in [0, 0.05) is 0 Å². The van der Waals surface area contributed by atoms with Crippen molar-refractivity contribution in [2.45, 2.75) is 58.3 Å². The number of nitrogens with one attached hydrogen (secondary N) is 1. The average molecular weight is 368 g/mol. The molecular formula is C24H33NO2. The lowest BCUT2D eigenvalue weighted by atomic mass is 9.68. The van der Waals surface area contributed by atoms with Crippen molar-refractivity contribution in [1.29, 1.82) is 0 Å². The number of para-hydroxylation sites is 2. The number of fused-ring (bicyclic) bond motifs is 3. The Morgan fingerprint density at radius 3 is 2.37 bits per heavy atom. The summed E-state index contributed by atoms with van der Waals surface area (Å²) in [6.07, 6.45) is 8.01. The normalized spacial score (nSPS) is 20.4. The molecule has 1 saturated carbocycles. The summed E-state index contributed by atoms with van der Waals surface area (Å²) in [5.41, 5.74) is 5.01. The van der Waals surface area contributed by atoms with Crippen LogP contribution in [0.3, 0.4) is 0 Å². The third-order valence-electron chi connectivity index (χ3n) is 5.93. The van der Waals surface area contributed by atoms with Crippen LogP contribution in [-0.2, 0) is 6.42 Å². The van der Waals surface area contributed by atoms with Crippen LogP contribution < -0.4 is 14.8 Å². The minimum absolute atomic E-state index is 0.728. The van der Waals surface area contributed by atoms with Gasteiger partial charge in [0.25, 0.3) is 0 Å². The maximum absolute atomic E-state index is 5.73. The SMILES string of the molecule is CC.COc1ccccc1Nc1cc2c(cc1OC)C1CCCCC1CC2. The number of methoxy groups -OCH3 is 2. The number of rotatable bonds is 4. The molecular weight excluding hydrogens is 334 g/mol. The van der Waals surface area contributed by atoms with Crippen molar-refractivity contribution in [1.82, 2.24) is 0 Å². The van der Waals surface area contributed by atoms with E-state index in [-0.39, 0.29) is 0 Å². The number of aryl methyl sites for hydroxylation is 1. The molecule has 27 heavy (non-hydrogen) atoms. The smallest absolute Gasteiger partial charge is 0.142 e. The second-order valence-electron chi connectivity index (χ2n) is 7.27. The van der Waals surface area contributed by atoms with E-state index in [9.17, 15) is 0 Å². The molecule has 0 aromatic heterocycles. The number of anilines is 2. The molecule has 0 amide bonds. The third-order valence-corrected chi connectivity index (χ3v) is 5.93. The Labute approximate surface area is 164 Å². The summed E-state index contributed by atoms with van der Waals surface area (Å²) in [5, 5.41) is 3.52. The lowest BCUT2D eigenvalue weighted by molar-refractivity contribution is 0.275. The first-order valence-electron chi connectivity index (χ1n) is 10.4. The second kappa shape index (κ2) is 9.16. The molecule has 0 bridgehead atoms. The molecule has 3 heteroatoms. The van der Waals surface area contributed by atoms with Crippen LogP contribution in [0.15, 0.2) is 36.4 Å². The third kappa shape index (κ3) is 4.07. The fourth-order valence-electron chi connectivity index (χ4n) is 4.67. The van der Waals surface area contributed by atoms with Crippen LogP contribution in [0.1, 0.15) is 63.0 Å². The van der Waals surface area contributed by atoms with E-state index in [2.05, 4.69) is 17.4 Å². The summed E-state index contributed by atoms with van der Waals surface area (Å²) >= 11 is 0. The van der Waals surface area contributed by atoms with E-state index >= 15 is 0 Å². The van der Waals surface area contributed by atoms with Gasteiger partial charge in [-0.3, -0.25) is 0 Å². The molecule has 1 fully saturated rings. The molecule has 0 aliphatic heterocycles. The van der Waals surface area contributed by atoms with Gasteiger partial charge in [0.15, 0.2) is 0 Å².